The van der Waals surface area contributed by atoms with Crippen LogP contribution in [0.3, 0.4) is 0 Å². The first-order chi connectivity index (χ1) is 22.3. The van der Waals surface area contributed by atoms with Gasteiger partial charge in [0.2, 0.25) is 23.1 Å². The number of para-hydroxylation sites is 3. The molecule has 6 rings (SSSR count). The van der Waals surface area contributed by atoms with E-state index in [-0.39, 0.29) is 17.5 Å². The lowest BCUT2D eigenvalue weighted by atomic mass is 10.1. The number of hydrogen-bond donors (Lipinski definition) is 0. The predicted octanol–water partition coefficient (Wildman–Crippen LogP) is 6.64. The minimum absolute atomic E-state index is 0.0143. The Morgan fingerprint density at radius 2 is 1.07 bits per heavy atom. The zero-order valence-corrected chi connectivity index (χ0v) is 26.7. The summed E-state index contributed by atoms with van der Waals surface area (Å²) < 4.78 is 38.1. The van der Waals surface area contributed by atoms with Crippen molar-refractivity contribution in [3.8, 4) is 34.5 Å². The molecule has 0 aliphatic carbocycles. The Balaban J connectivity index is 0.000000181. The standard InChI is InChI=1S/C17H15NO5.C17H15NO4S/c1-20-13-8-10(9-14(21-2)16(13)22-3)15(19)17-18-11-6-4-5-7-12(11)23-17;1-20-12-8-10(9-13(21-2)16(12)22-3)15(19)17-18-11-6-4-5-7-14(11)23-17/h2*4-9H,1-3H3. The van der Waals surface area contributed by atoms with E-state index in [1.807, 2.05) is 36.4 Å². The molecule has 2 aromatic heterocycles. The molecule has 0 bridgehead atoms. The molecule has 0 atom stereocenters. The average Bonchev–Trinajstić information content (AvgIpc) is 3.74. The van der Waals surface area contributed by atoms with Gasteiger partial charge in [0.25, 0.3) is 5.89 Å². The normalized spacial score (nSPS) is 10.6. The summed E-state index contributed by atoms with van der Waals surface area (Å²) in [5.74, 6) is 2.02. The number of rotatable bonds is 10. The molecule has 0 saturated carbocycles. The van der Waals surface area contributed by atoms with Crippen molar-refractivity contribution in [3.05, 3.63) is 94.8 Å². The number of oxazole rings is 1. The van der Waals surface area contributed by atoms with E-state index in [0.717, 1.165) is 10.2 Å². The Morgan fingerprint density at radius 3 is 1.54 bits per heavy atom. The van der Waals surface area contributed by atoms with E-state index < -0.39 is 0 Å². The van der Waals surface area contributed by atoms with Crippen molar-refractivity contribution >= 4 is 44.2 Å². The molecule has 46 heavy (non-hydrogen) atoms. The summed E-state index contributed by atoms with van der Waals surface area (Å²) >= 11 is 1.36. The van der Waals surface area contributed by atoms with E-state index in [1.165, 1.54) is 54.0 Å². The summed E-state index contributed by atoms with van der Waals surface area (Å²) in [6, 6.07) is 21.3. The van der Waals surface area contributed by atoms with Crippen molar-refractivity contribution in [2.75, 3.05) is 42.7 Å². The first-order valence-corrected chi connectivity index (χ1v) is 14.6. The molecule has 0 aliphatic rings. The van der Waals surface area contributed by atoms with Gasteiger partial charge in [-0.2, -0.15) is 0 Å². The summed E-state index contributed by atoms with van der Waals surface area (Å²) in [6.45, 7) is 0. The molecule has 0 unspecified atom stereocenters. The van der Waals surface area contributed by atoms with Crippen LogP contribution in [0.15, 0.2) is 77.2 Å². The van der Waals surface area contributed by atoms with Crippen LogP contribution in [-0.2, 0) is 0 Å². The highest BCUT2D eigenvalue weighted by atomic mass is 32.1. The number of nitrogens with zero attached hydrogens (tertiary/aromatic N) is 2. The molecular weight excluding hydrogens is 612 g/mol. The third-order valence-electron chi connectivity index (χ3n) is 6.83. The number of methoxy groups -OCH3 is 6. The molecular formula is C34H30N2O9S. The minimum atomic E-state index is -0.361. The topological polar surface area (TPSA) is 128 Å². The van der Waals surface area contributed by atoms with Crippen LogP contribution < -0.4 is 28.4 Å². The number of ketones is 2. The molecule has 0 amide bonds. The lowest BCUT2D eigenvalue weighted by molar-refractivity contribution is 0.100. The number of carbonyl (C=O) groups excluding carboxylic acids is 2. The summed E-state index contributed by atoms with van der Waals surface area (Å²) in [7, 11) is 9.04. The fourth-order valence-electron chi connectivity index (χ4n) is 4.61. The molecule has 2 heterocycles. The molecule has 236 valence electrons. The number of ether oxygens (including phenoxy) is 6. The second-order valence-corrected chi connectivity index (χ2v) is 10.5. The van der Waals surface area contributed by atoms with Gasteiger partial charge in [-0.05, 0) is 48.5 Å². The Hall–Kier alpha value is -5.62. The zero-order chi connectivity index (χ0) is 32.8. The van der Waals surface area contributed by atoms with Gasteiger partial charge in [-0.1, -0.05) is 24.3 Å². The van der Waals surface area contributed by atoms with Crippen LogP contribution in [0.1, 0.15) is 31.6 Å². The van der Waals surface area contributed by atoms with Crippen LogP contribution in [0.2, 0.25) is 0 Å². The Kier molecular flexibility index (Phi) is 9.67. The third kappa shape index (κ3) is 6.28. The third-order valence-corrected chi connectivity index (χ3v) is 7.87. The maximum Gasteiger partial charge on any atom is 0.269 e. The monoisotopic (exact) mass is 642 g/mol. The zero-order valence-electron chi connectivity index (χ0n) is 25.9. The number of hydrogen-bond acceptors (Lipinski definition) is 12. The van der Waals surface area contributed by atoms with Crippen LogP contribution >= 0.6 is 11.3 Å². The number of benzene rings is 4. The van der Waals surface area contributed by atoms with Crippen molar-refractivity contribution in [2.24, 2.45) is 0 Å². The molecule has 4 aromatic carbocycles. The van der Waals surface area contributed by atoms with Gasteiger partial charge in [-0.25, -0.2) is 9.97 Å². The average molecular weight is 643 g/mol. The summed E-state index contributed by atoms with van der Waals surface area (Å²) in [5.41, 5.74) is 2.78. The second-order valence-electron chi connectivity index (χ2n) is 9.46. The summed E-state index contributed by atoms with van der Waals surface area (Å²) in [5, 5.41) is 0.431. The summed E-state index contributed by atoms with van der Waals surface area (Å²) in [6.07, 6.45) is 0. The lowest BCUT2D eigenvalue weighted by Gasteiger charge is -2.13. The first kappa shape index (κ1) is 31.8. The molecule has 0 fully saturated rings. The van der Waals surface area contributed by atoms with Gasteiger partial charge in [0.1, 0.15) is 5.52 Å². The highest BCUT2D eigenvalue weighted by Gasteiger charge is 2.22. The van der Waals surface area contributed by atoms with E-state index in [0.29, 0.717) is 61.7 Å². The van der Waals surface area contributed by atoms with Crippen LogP contribution in [0.25, 0.3) is 21.3 Å². The molecule has 11 nitrogen and oxygen atoms in total. The largest absolute Gasteiger partial charge is 0.493 e. The van der Waals surface area contributed by atoms with Crippen LogP contribution in [0.4, 0.5) is 0 Å². The molecule has 0 aliphatic heterocycles. The maximum absolute atomic E-state index is 12.7. The van der Waals surface area contributed by atoms with Crippen molar-refractivity contribution < 1.29 is 42.4 Å². The predicted molar refractivity (Wildman–Crippen MR) is 173 cm³/mol. The fourth-order valence-corrected chi connectivity index (χ4v) is 5.54. The van der Waals surface area contributed by atoms with E-state index in [2.05, 4.69) is 9.97 Å². The number of aromatic nitrogens is 2. The Labute approximate surface area is 268 Å². The smallest absolute Gasteiger partial charge is 0.269 e. The van der Waals surface area contributed by atoms with E-state index >= 15 is 0 Å². The Morgan fingerprint density at radius 1 is 0.587 bits per heavy atom. The van der Waals surface area contributed by atoms with Crippen molar-refractivity contribution in [1.29, 1.82) is 0 Å². The van der Waals surface area contributed by atoms with Gasteiger partial charge in [0.15, 0.2) is 33.6 Å². The molecule has 12 heteroatoms. The Bertz CT molecular complexity index is 1770. The second kappa shape index (κ2) is 14.0. The van der Waals surface area contributed by atoms with E-state index in [4.69, 9.17) is 32.8 Å². The van der Waals surface area contributed by atoms with Crippen molar-refractivity contribution in [3.63, 3.8) is 0 Å². The van der Waals surface area contributed by atoms with Crippen molar-refractivity contribution in [2.45, 2.75) is 0 Å². The number of carbonyl (C=O) groups is 2. The summed E-state index contributed by atoms with van der Waals surface area (Å²) in [4.78, 5) is 34.0. The molecule has 6 aromatic rings. The van der Waals surface area contributed by atoms with E-state index in [9.17, 15) is 9.59 Å². The van der Waals surface area contributed by atoms with Gasteiger partial charge in [0.05, 0.1) is 52.9 Å². The van der Waals surface area contributed by atoms with Crippen molar-refractivity contribution in [1.82, 2.24) is 9.97 Å². The van der Waals surface area contributed by atoms with Gasteiger partial charge in [-0.3, -0.25) is 9.59 Å². The number of thiazole rings is 1. The first-order valence-electron chi connectivity index (χ1n) is 13.8. The molecule has 0 spiro atoms. The molecule has 0 N–H and O–H groups in total. The lowest BCUT2D eigenvalue weighted by Crippen LogP contribution is -2.04. The van der Waals surface area contributed by atoms with Crippen LogP contribution in [0, 0.1) is 0 Å². The highest BCUT2D eigenvalue weighted by molar-refractivity contribution is 7.20. The fraction of sp³-hybridized carbons (Fsp3) is 0.176. The van der Waals surface area contributed by atoms with Gasteiger partial charge < -0.3 is 32.8 Å². The van der Waals surface area contributed by atoms with Crippen LogP contribution in [0.5, 0.6) is 34.5 Å². The highest BCUT2D eigenvalue weighted by Crippen LogP contribution is 2.40. The van der Waals surface area contributed by atoms with Crippen LogP contribution in [-0.4, -0.2) is 64.2 Å². The quantitative estimate of drug-likeness (QED) is 0.149. The van der Waals surface area contributed by atoms with E-state index in [1.54, 1.807) is 36.4 Å². The van der Waals surface area contributed by atoms with Gasteiger partial charge in [-0.15, -0.1) is 11.3 Å². The maximum atomic E-state index is 12.7. The van der Waals surface area contributed by atoms with Gasteiger partial charge in [0, 0.05) is 11.1 Å². The minimum Gasteiger partial charge on any atom is -0.493 e. The SMILES string of the molecule is COc1cc(C(=O)c2nc3ccccc3o2)cc(OC)c1OC.COc1cc(C(=O)c2nc3ccccc3s2)cc(OC)c1OC. The van der Waals surface area contributed by atoms with Gasteiger partial charge >= 0.3 is 0 Å². The molecule has 0 radical (unpaired) electrons. The molecule has 0 saturated heterocycles. The number of fused-ring (bicyclic) bond motifs is 2.